The molecule has 0 atom stereocenters. The molecule has 2 N–H and O–H groups in total. The predicted molar refractivity (Wildman–Crippen MR) is 79.8 cm³/mol. The first-order valence-electron chi connectivity index (χ1n) is 6.35. The van der Waals surface area contributed by atoms with Gasteiger partial charge in [0.1, 0.15) is 6.61 Å². The lowest BCUT2D eigenvalue weighted by molar-refractivity contribution is -0.385. The van der Waals surface area contributed by atoms with E-state index in [-0.39, 0.29) is 18.0 Å². The molecule has 0 aliphatic carbocycles. The van der Waals surface area contributed by atoms with Crippen molar-refractivity contribution < 1.29 is 9.66 Å². The van der Waals surface area contributed by atoms with Gasteiger partial charge in [0.25, 0.3) is 0 Å². The number of nitrogens with two attached hydrogens (primary N) is 1. The second kappa shape index (κ2) is 7.08. The molecule has 0 unspecified atom stereocenters. The zero-order chi connectivity index (χ0) is 15.1. The molecule has 0 amide bonds. The normalized spacial score (nSPS) is 9.57. The van der Waals surface area contributed by atoms with Gasteiger partial charge >= 0.3 is 5.69 Å². The van der Waals surface area contributed by atoms with Gasteiger partial charge in [0, 0.05) is 11.6 Å². The highest BCUT2D eigenvalue weighted by molar-refractivity contribution is 5.45. The molecule has 0 fully saturated rings. The molecule has 21 heavy (non-hydrogen) atoms. The fourth-order valence-electron chi connectivity index (χ4n) is 1.73. The Labute approximate surface area is 122 Å². The molecule has 2 aromatic carbocycles. The fourth-order valence-corrected chi connectivity index (χ4v) is 1.73. The van der Waals surface area contributed by atoms with E-state index in [1.54, 1.807) is 18.2 Å². The Morgan fingerprint density at radius 3 is 2.52 bits per heavy atom. The number of rotatable bonds is 4. The maximum absolute atomic E-state index is 10.9. The predicted octanol–water partition coefficient (Wildman–Crippen LogP) is 2.48. The van der Waals surface area contributed by atoms with E-state index >= 15 is 0 Å². The first-order chi connectivity index (χ1) is 10.2. The van der Waals surface area contributed by atoms with E-state index < -0.39 is 4.92 Å². The minimum absolute atomic E-state index is 0.0390. The summed E-state index contributed by atoms with van der Waals surface area (Å²) >= 11 is 0. The molecule has 0 aliphatic heterocycles. The van der Waals surface area contributed by atoms with Crippen molar-refractivity contribution in [3.63, 3.8) is 0 Å². The minimum Gasteiger partial charge on any atom is -0.482 e. The third-order valence-electron chi connectivity index (χ3n) is 2.75. The van der Waals surface area contributed by atoms with Crippen LogP contribution in [0.3, 0.4) is 0 Å². The molecule has 0 aliphatic rings. The zero-order valence-electron chi connectivity index (χ0n) is 11.3. The van der Waals surface area contributed by atoms with Crippen molar-refractivity contribution >= 4 is 5.69 Å². The molecule has 0 bridgehead atoms. The summed E-state index contributed by atoms with van der Waals surface area (Å²) in [7, 11) is 0. The monoisotopic (exact) mass is 282 g/mol. The highest BCUT2D eigenvalue weighted by Crippen LogP contribution is 2.26. The second-order valence-electron chi connectivity index (χ2n) is 4.22. The largest absolute Gasteiger partial charge is 0.482 e. The smallest absolute Gasteiger partial charge is 0.310 e. The highest BCUT2D eigenvalue weighted by Gasteiger charge is 2.13. The molecule has 0 saturated heterocycles. The molecule has 106 valence electrons. The Balaban J connectivity index is 2.05. The third kappa shape index (κ3) is 4.06. The van der Waals surface area contributed by atoms with Crippen molar-refractivity contribution in [2.75, 3.05) is 6.54 Å². The van der Waals surface area contributed by atoms with Crippen LogP contribution in [0.5, 0.6) is 5.75 Å². The van der Waals surface area contributed by atoms with Gasteiger partial charge < -0.3 is 10.5 Å². The lowest BCUT2D eigenvalue weighted by atomic mass is 10.1. The van der Waals surface area contributed by atoms with Crippen LogP contribution in [0.15, 0.2) is 48.5 Å². The van der Waals surface area contributed by atoms with Crippen LogP contribution in [-0.4, -0.2) is 11.5 Å². The van der Waals surface area contributed by atoms with Gasteiger partial charge in [-0.3, -0.25) is 10.1 Å². The van der Waals surface area contributed by atoms with Crippen molar-refractivity contribution in [1.82, 2.24) is 0 Å². The lowest BCUT2D eigenvalue weighted by Crippen LogP contribution is -1.99. The van der Waals surface area contributed by atoms with Gasteiger partial charge in [-0.2, -0.15) is 0 Å². The van der Waals surface area contributed by atoms with Crippen molar-refractivity contribution in [1.29, 1.82) is 0 Å². The van der Waals surface area contributed by atoms with Gasteiger partial charge in [0.2, 0.25) is 0 Å². The van der Waals surface area contributed by atoms with Crippen LogP contribution in [0, 0.1) is 22.0 Å². The Morgan fingerprint density at radius 2 is 1.86 bits per heavy atom. The number of hydrogen-bond acceptors (Lipinski definition) is 4. The van der Waals surface area contributed by atoms with Gasteiger partial charge in [-0.1, -0.05) is 36.1 Å². The van der Waals surface area contributed by atoms with Gasteiger partial charge in [0.05, 0.1) is 11.5 Å². The number of ether oxygens (including phenoxy) is 1. The number of nitro groups is 1. The molecular formula is C16H14N2O3. The van der Waals surface area contributed by atoms with E-state index in [4.69, 9.17) is 10.5 Å². The van der Waals surface area contributed by atoms with Gasteiger partial charge in [-0.25, -0.2) is 0 Å². The average molecular weight is 282 g/mol. The standard InChI is InChI=1S/C16H14N2O3/c17-11-3-4-13-7-9-14(10-8-13)12-21-16-6-2-1-5-15(16)18(19)20/h1-2,5-10H,11-12,17H2. The van der Waals surface area contributed by atoms with E-state index in [1.165, 1.54) is 6.07 Å². The molecule has 2 aromatic rings. The molecule has 0 aromatic heterocycles. The first kappa shape index (κ1) is 14.6. The van der Waals surface area contributed by atoms with E-state index in [9.17, 15) is 10.1 Å². The number of benzene rings is 2. The lowest BCUT2D eigenvalue weighted by Gasteiger charge is -2.06. The summed E-state index contributed by atoms with van der Waals surface area (Å²) in [5.74, 6) is 5.96. The molecule has 0 spiro atoms. The Kier molecular flexibility index (Phi) is 4.91. The highest BCUT2D eigenvalue weighted by atomic mass is 16.6. The third-order valence-corrected chi connectivity index (χ3v) is 2.75. The summed E-state index contributed by atoms with van der Waals surface area (Å²) in [6.07, 6.45) is 0. The maximum Gasteiger partial charge on any atom is 0.310 e. The van der Waals surface area contributed by atoms with Crippen molar-refractivity contribution in [2.45, 2.75) is 6.61 Å². The Bertz CT molecular complexity index is 685. The number of hydrogen-bond donors (Lipinski definition) is 1. The topological polar surface area (TPSA) is 78.4 Å². The summed E-state index contributed by atoms with van der Waals surface area (Å²) in [6.45, 7) is 0.581. The molecule has 5 heteroatoms. The van der Waals surface area contributed by atoms with E-state index in [0.717, 1.165) is 11.1 Å². The zero-order valence-corrected chi connectivity index (χ0v) is 11.3. The van der Waals surface area contributed by atoms with E-state index in [1.807, 2.05) is 24.3 Å². The molecule has 5 nitrogen and oxygen atoms in total. The number of nitrogens with zero attached hydrogens (tertiary/aromatic N) is 1. The van der Waals surface area contributed by atoms with Gasteiger partial charge in [-0.15, -0.1) is 0 Å². The molecule has 0 radical (unpaired) electrons. The SMILES string of the molecule is NCC#Cc1ccc(COc2ccccc2[N+](=O)[O-])cc1. The Hall–Kier alpha value is -2.84. The maximum atomic E-state index is 10.9. The average Bonchev–Trinajstić information content (AvgIpc) is 2.52. The molecule has 2 rings (SSSR count). The van der Waals surface area contributed by atoms with Crippen LogP contribution >= 0.6 is 0 Å². The summed E-state index contributed by atoms with van der Waals surface area (Å²) < 4.78 is 5.51. The first-order valence-corrected chi connectivity index (χ1v) is 6.35. The van der Waals surface area contributed by atoms with Gasteiger partial charge in [0.15, 0.2) is 5.75 Å². The summed E-state index contributed by atoms with van der Waals surface area (Å²) in [6, 6.07) is 13.8. The van der Waals surface area contributed by atoms with E-state index in [2.05, 4.69) is 11.8 Å². The number of nitro benzene ring substituents is 1. The molecular weight excluding hydrogens is 268 g/mol. The van der Waals surface area contributed by atoms with Gasteiger partial charge in [-0.05, 0) is 23.8 Å². The van der Waals surface area contributed by atoms with Crippen molar-refractivity contribution in [2.24, 2.45) is 5.73 Å². The van der Waals surface area contributed by atoms with Crippen LogP contribution in [0.25, 0.3) is 0 Å². The van der Waals surface area contributed by atoms with Crippen LogP contribution in [0.1, 0.15) is 11.1 Å². The summed E-state index contributed by atoms with van der Waals surface area (Å²) in [4.78, 5) is 10.4. The van der Waals surface area contributed by atoms with Crippen LogP contribution < -0.4 is 10.5 Å². The second-order valence-corrected chi connectivity index (χ2v) is 4.22. The summed E-state index contributed by atoms with van der Waals surface area (Å²) in [5.41, 5.74) is 7.05. The fraction of sp³-hybridized carbons (Fsp3) is 0.125. The Morgan fingerprint density at radius 1 is 1.14 bits per heavy atom. The molecule has 0 heterocycles. The van der Waals surface area contributed by atoms with Crippen LogP contribution in [-0.2, 0) is 6.61 Å². The van der Waals surface area contributed by atoms with Crippen LogP contribution in [0.2, 0.25) is 0 Å². The van der Waals surface area contributed by atoms with Crippen LogP contribution in [0.4, 0.5) is 5.69 Å². The molecule has 0 saturated carbocycles. The van der Waals surface area contributed by atoms with Crippen molar-refractivity contribution in [3.8, 4) is 17.6 Å². The summed E-state index contributed by atoms with van der Waals surface area (Å²) in [5, 5.41) is 10.9. The quantitative estimate of drug-likeness (QED) is 0.531. The number of para-hydroxylation sites is 2. The van der Waals surface area contributed by atoms with E-state index in [0.29, 0.717) is 6.54 Å². The van der Waals surface area contributed by atoms with Crippen molar-refractivity contribution in [3.05, 3.63) is 69.8 Å². The minimum atomic E-state index is -0.457.